The van der Waals surface area contributed by atoms with Gasteiger partial charge < -0.3 is 0 Å². The molecule has 0 atom stereocenters. The zero-order valence-corrected chi connectivity index (χ0v) is 10.00. The molecule has 0 saturated carbocycles. The Morgan fingerprint density at radius 3 is 2.38 bits per heavy atom. The van der Waals surface area contributed by atoms with Gasteiger partial charge in [-0.05, 0) is 29.7 Å². The molecule has 16 heavy (non-hydrogen) atoms. The van der Waals surface area contributed by atoms with Crippen molar-refractivity contribution in [1.82, 2.24) is 5.32 Å². The predicted molar refractivity (Wildman–Crippen MR) is 64.0 cm³/mol. The summed E-state index contributed by atoms with van der Waals surface area (Å²) in [6.45, 7) is 1.63. The molecule has 0 aliphatic carbocycles. The number of sulfone groups is 1. The van der Waals surface area contributed by atoms with Gasteiger partial charge in [-0.15, -0.1) is 0 Å². The predicted octanol–water partition coefficient (Wildman–Crippen LogP) is 1.48. The van der Waals surface area contributed by atoms with E-state index in [0.29, 0.717) is 4.90 Å². The molecular formula is C12H14NO2S. The molecule has 0 aromatic heterocycles. The van der Waals surface area contributed by atoms with E-state index in [-0.39, 0.29) is 0 Å². The maximum atomic E-state index is 11.3. The fraction of sp³-hybridized carbons (Fsp3) is 0.333. The number of nitrogens with zero attached hydrogens (tertiary/aromatic N) is 1. The third kappa shape index (κ3) is 2.51. The van der Waals surface area contributed by atoms with E-state index >= 15 is 0 Å². The average molecular weight is 236 g/mol. The summed E-state index contributed by atoms with van der Waals surface area (Å²) < 4.78 is 22.6. The summed E-state index contributed by atoms with van der Waals surface area (Å²) in [7, 11) is -3.09. The number of hydrogen-bond acceptors (Lipinski definition) is 2. The first kappa shape index (κ1) is 11.4. The molecule has 85 valence electrons. The molecule has 1 aliphatic rings. The highest BCUT2D eigenvalue weighted by atomic mass is 32.2. The van der Waals surface area contributed by atoms with Crippen LogP contribution in [0.25, 0.3) is 5.57 Å². The van der Waals surface area contributed by atoms with Crippen LogP contribution < -0.4 is 5.32 Å². The quantitative estimate of drug-likeness (QED) is 0.781. The third-order valence-corrected chi connectivity index (χ3v) is 3.79. The van der Waals surface area contributed by atoms with Crippen LogP contribution in [0.2, 0.25) is 0 Å². The minimum Gasteiger partial charge on any atom is -0.237 e. The highest BCUT2D eigenvalue weighted by Crippen LogP contribution is 2.21. The average Bonchev–Trinajstić information content (AvgIpc) is 2.29. The van der Waals surface area contributed by atoms with Crippen molar-refractivity contribution in [2.24, 2.45) is 0 Å². The van der Waals surface area contributed by atoms with Crippen LogP contribution in [0, 0.1) is 0 Å². The summed E-state index contributed by atoms with van der Waals surface area (Å²) in [5.74, 6) is 0. The van der Waals surface area contributed by atoms with Gasteiger partial charge in [0.1, 0.15) is 0 Å². The summed E-state index contributed by atoms with van der Waals surface area (Å²) in [5.41, 5.74) is 2.36. The van der Waals surface area contributed by atoms with Crippen LogP contribution in [-0.2, 0) is 9.84 Å². The van der Waals surface area contributed by atoms with Gasteiger partial charge in [0.25, 0.3) is 0 Å². The molecule has 0 bridgehead atoms. The smallest absolute Gasteiger partial charge is 0.175 e. The molecule has 3 nitrogen and oxygen atoms in total. The maximum Gasteiger partial charge on any atom is 0.175 e. The van der Waals surface area contributed by atoms with Gasteiger partial charge in [0, 0.05) is 19.3 Å². The molecule has 1 aromatic rings. The van der Waals surface area contributed by atoms with Crippen molar-refractivity contribution in [2.75, 3.05) is 19.3 Å². The van der Waals surface area contributed by atoms with Crippen LogP contribution in [0.4, 0.5) is 0 Å². The van der Waals surface area contributed by atoms with Gasteiger partial charge in [-0.2, -0.15) is 0 Å². The lowest BCUT2D eigenvalue weighted by Crippen LogP contribution is -2.12. The zero-order chi connectivity index (χ0) is 11.6. The molecule has 0 fully saturated rings. The highest BCUT2D eigenvalue weighted by Gasteiger charge is 2.09. The van der Waals surface area contributed by atoms with Gasteiger partial charge in [0.2, 0.25) is 0 Å². The SMILES string of the molecule is CS(=O)(=O)c1ccc(C2=CC[N]CC2)cc1. The van der Waals surface area contributed by atoms with Gasteiger partial charge in [0.15, 0.2) is 9.84 Å². The van der Waals surface area contributed by atoms with Crippen LogP contribution >= 0.6 is 0 Å². The standard InChI is InChI=1S/C12H14NO2S/c1-16(14,15)12-4-2-10(3-5-12)11-6-8-13-9-7-11/h2-6H,7-9H2,1H3. The van der Waals surface area contributed by atoms with Crippen LogP contribution in [0.1, 0.15) is 12.0 Å². The van der Waals surface area contributed by atoms with Crippen LogP contribution in [-0.4, -0.2) is 27.8 Å². The summed E-state index contributed by atoms with van der Waals surface area (Å²) >= 11 is 0. The first-order valence-corrected chi connectivity index (χ1v) is 7.09. The second-order valence-electron chi connectivity index (χ2n) is 3.91. The first-order chi connectivity index (χ1) is 7.57. The molecule has 2 rings (SSSR count). The molecule has 0 saturated heterocycles. The number of rotatable bonds is 2. The Morgan fingerprint density at radius 1 is 1.19 bits per heavy atom. The molecule has 1 heterocycles. The molecule has 4 heteroatoms. The van der Waals surface area contributed by atoms with Gasteiger partial charge in [-0.1, -0.05) is 18.2 Å². The van der Waals surface area contributed by atoms with Crippen molar-refractivity contribution in [3.63, 3.8) is 0 Å². The topological polar surface area (TPSA) is 48.2 Å². The second-order valence-corrected chi connectivity index (χ2v) is 5.92. The fourth-order valence-electron chi connectivity index (χ4n) is 1.75. The van der Waals surface area contributed by atoms with Crippen LogP contribution in [0.5, 0.6) is 0 Å². The van der Waals surface area contributed by atoms with Crippen LogP contribution in [0.3, 0.4) is 0 Å². The highest BCUT2D eigenvalue weighted by molar-refractivity contribution is 7.90. The second kappa shape index (κ2) is 4.39. The van der Waals surface area contributed by atoms with E-state index in [1.807, 2.05) is 12.1 Å². The largest absolute Gasteiger partial charge is 0.237 e. The molecule has 1 aliphatic heterocycles. The lowest BCUT2D eigenvalue weighted by molar-refractivity contribution is 0.602. The first-order valence-electron chi connectivity index (χ1n) is 5.20. The van der Waals surface area contributed by atoms with E-state index in [9.17, 15) is 8.42 Å². The van der Waals surface area contributed by atoms with Gasteiger partial charge in [0.05, 0.1) is 4.90 Å². The number of hydrogen-bond donors (Lipinski definition) is 0. The van der Waals surface area contributed by atoms with E-state index in [4.69, 9.17) is 0 Å². The summed E-state index contributed by atoms with van der Waals surface area (Å²) in [6, 6.07) is 7.07. The Balaban J connectivity index is 2.29. The van der Waals surface area contributed by atoms with Gasteiger partial charge in [-0.25, -0.2) is 13.7 Å². The van der Waals surface area contributed by atoms with Crippen molar-refractivity contribution in [3.8, 4) is 0 Å². The Labute approximate surface area is 96.1 Å². The third-order valence-electron chi connectivity index (χ3n) is 2.66. The Hall–Kier alpha value is -1.13. The normalized spacial score (nSPS) is 16.9. The van der Waals surface area contributed by atoms with Crippen LogP contribution in [0.15, 0.2) is 35.2 Å². The molecule has 0 N–H and O–H groups in total. The maximum absolute atomic E-state index is 11.3. The van der Waals surface area contributed by atoms with Crippen molar-refractivity contribution in [1.29, 1.82) is 0 Å². The summed E-state index contributed by atoms with van der Waals surface area (Å²) in [5, 5.41) is 4.24. The molecule has 0 unspecified atom stereocenters. The van der Waals surface area contributed by atoms with Crippen molar-refractivity contribution in [2.45, 2.75) is 11.3 Å². The Kier molecular flexibility index (Phi) is 3.12. The minimum absolute atomic E-state index is 0.373. The van der Waals surface area contributed by atoms with Gasteiger partial charge in [-0.3, -0.25) is 0 Å². The van der Waals surface area contributed by atoms with E-state index < -0.39 is 9.84 Å². The van der Waals surface area contributed by atoms with Crippen molar-refractivity contribution >= 4 is 15.4 Å². The molecule has 1 radical (unpaired) electrons. The Bertz CT molecular complexity index is 500. The summed E-state index contributed by atoms with van der Waals surface area (Å²) in [4.78, 5) is 0.373. The molecule has 0 spiro atoms. The van der Waals surface area contributed by atoms with E-state index in [1.54, 1.807) is 12.1 Å². The Morgan fingerprint density at radius 2 is 1.88 bits per heavy atom. The monoisotopic (exact) mass is 236 g/mol. The lowest BCUT2D eigenvalue weighted by atomic mass is 10.0. The van der Waals surface area contributed by atoms with Crippen molar-refractivity contribution in [3.05, 3.63) is 35.9 Å². The molecule has 1 aromatic carbocycles. The number of benzene rings is 1. The van der Waals surface area contributed by atoms with E-state index in [2.05, 4.69) is 11.4 Å². The van der Waals surface area contributed by atoms with E-state index in [0.717, 1.165) is 25.1 Å². The molecular weight excluding hydrogens is 222 g/mol. The lowest BCUT2D eigenvalue weighted by Gasteiger charge is -2.13. The fourth-order valence-corrected chi connectivity index (χ4v) is 2.38. The zero-order valence-electron chi connectivity index (χ0n) is 9.18. The summed E-state index contributed by atoms with van der Waals surface area (Å²) in [6.07, 6.45) is 4.26. The van der Waals surface area contributed by atoms with E-state index in [1.165, 1.54) is 11.8 Å². The molecule has 0 amide bonds. The minimum atomic E-state index is -3.09. The van der Waals surface area contributed by atoms with Crippen molar-refractivity contribution < 1.29 is 8.42 Å². The van der Waals surface area contributed by atoms with Gasteiger partial charge >= 0.3 is 0 Å².